The van der Waals surface area contributed by atoms with Crippen LogP contribution in [0, 0.1) is 20.8 Å². The highest BCUT2D eigenvalue weighted by molar-refractivity contribution is 6.23. The number of carbonyl (C=O) groups is 2. The van der Waals surface area contributed by atoms with Crippen LogP contribution >= 0.6 is 0 Å². The molecule has 0 radical (unpaired) electrons. The number of allylic oxidation sites excluding steroid dienone is 2. The molecule has 8 bridgehead atoms. The highest BCUT2D eigenvalue weighted by atomic mass is 16.5. The summed E-state index contributed by atoms with van der Waals surface area (Å²) >= 11 is 0. The first kappa shape index (κ1) is 30.1. The lowest BCUT2D eigenvalue weighted by atomic mass is 9.99. The second-order valence-electron chi connectivity index (χ2n) is 11.4. The van der Waals surface area contributed by atoms with Crippen molar-refractivity contribution in [3.63, 3.8) is 0 Å². The molecule has 3 aromatic rings. The standard InChI is InChI=1S/C35H42N4O4/c1-9-22-18(3)26-14-27-21(6)25(13-35(41)43-8)33(39-27)17-32-24(11-12-34(40)42-7)20(5)29(38-32)16-31-23(10-2)19(4)28(37-31)15-30(22)36-26/h14-15,17,36-38H,9-13,16H2,1-8H3. The van der Waals surface area contributed by atoms with Gasteiger partial charge in [0.25, 0.3) is 0 Å². The molecule has 8 nitrogen and oxygen atoms in total. The van der Waals surface area contributed by atoms with Crippen molar-refractivity contribution in [2.45, 2.75) is 80.1 Å². The Morgan fingerprint density at radius 2 is 1.47 bits per heavy atom. The minimum atomic E-state index is -0.317. The number of nitrogens with one attached hydrogen (secondary N) is 3. The van der Waals surface area contributed by atoms with Crippen molar-refractivity contribution in [3.8, 4) is 0 Å². The van der Waals surface area contributed by atoms with Crippen LogP contribution in [-0.2, 0) is 44.7 Å². The fourth-order valence-corrected chi connectivity index (χ4v) is 6.49. The van der Waals surface area contributed by atoms with Gasteiger partial charge in [0, 0.05) is 46.3 Å². The monoisotopic (exact) mass is 582 g/mol. The van der Waals surface area contributed by atoms with Crippen molar-refractivity contribution in [2.75, 3.05) is 14.2 Å². The van der Waals surface area contributed by atoms with Crippen LogP contribution in [0.5, 0.6) is 0 Å². The summed E-state index contributed by atoms with van der Waals surface area (Å²) in [4.78, 5) is 40.8. The zero-order valence-corrected chi connectivity index (χ0v) is 26.6. The Kier molecular flexibility index (Phi) is 8.49. The van der Waals surface area contributed by atoms with Crippen LogP contribution in [0.3, 0.4) is 0 Å². The van der Waals surface area contributed by atoms with Gasteiger partial charge in [0.1, 0.15) is 0 Å². The predicted molar refractivity (Wildman–Crippen MR) is 171 cm³/mol. The van der Waals surface area contributed by atoms with E-state index in [1.807, 2.05) is 13.0 Å². The normalized spacial score (nSPS) is 14.2. The van der Waals surface area contributed by atoms with E-state index in [9.17, 15) is 9.59 Å². The average molecular weight is 583 g/mol. The number of hydrogen-bond acceptors (Lipinski definition) is 5. The van der Waals surface area contributed by atoms with Crippen LogP contribution in [0.1, 0.15) is 89.8 Å². The Balaban J connectivity index is 1.82. The fraction of sp³-hybridized carbons (Fsp3) is 0.400. The number of fused-ring (bicyclic) bond motifs is 7. The molecule has 0 spiro atoms. The van der Waals surface area contributed by atoms with Crippen LogP contribution < -0.4 is 10.7 Å². The van der Waals surface area contributed by atoms with Crippen LogP contribution in [0.15, 0.2) is 21.8 Å². The van der Waals surface area contributed by atoms with Gasteiger partial charge in [0.05, 0.1) is 32.0 Å². The lowest BCUT2D eigenvalue weighted by Crippen LogP contribution is -2.14. The summed E-state index contributed by atoms with van der Waals surface area (Å²) in [5.41, 5.74) is 14.7. The average Bonchev–Trinajstić information content (AvgIpc) is 3.65. The van der Waals surface area contributed by atoms with Crippen molar-refractivity contribution >= 4 is 35.9 Å². The number of hydrogen-bond donors (Lipinski definition) is 3. The van der Waals surface area contributed by atoms with Gasteiger partial charge >= 0.3 is 11.9 Å². The molecule has 0 amide bonds. The predicted octanol–water partition coefficient (Wildman–Crippen LogP) is 4.72. The number of aliphatic imine (C=N–C) groups is 1. The highest BCUT2D eigenvalue weighted by Gasteiger charge is 2.25. The van der Waals surface area contributed by atoms with Gasteiger partial charge in [-0.05, 0) is 110 Å². The Morgan fingerprint density at radius 1 is 0.767 bits per heavy atom. The highest BCUT2D eigenvalue weighted by Crippen LogP contribution is 2.33. The quantitative estimate of drug-likeness (QED) is 0.350. The van der Waals surface area contributed by atoms with E-state index in [2.05, 4.69) is 61.7 Å². The van der Waals surface area contributed by atoms with Crippen LogP contribution in [-0.4, -0.2) is 46.8 Å². The van der Waals surface area contributed by atoms with E-state index in [-0.39, 0.29) is 24.8 Å². The van der Waals surface area contributed by atoms with E-state index in [4.69, 9.17) is 14.5 Å². The summed E-state index contributed by atoms with van der Waals surface area (Å²) in [6, 6.07) is 0. The first-order valence-corrected chi connectivity index (χ1v) is 15.1. The molecule has 0 unspecified atom stereocenters. The van der Waals surface area contributed by atoms with Gasteiger partial charge in [-0.15, -0.1) is 0 Å². The number of ether oxygens (including phenoxy) is 2. The van der Waals surface area contributed by atoms with Crippen molar-refractivity contribution < 1.29 is 19.1 Å². The molecule has 0 saturated heterocycles. The minimum Gasteiger partial charge on any atom is -0.469 e. The third-order valence-electron chi connectivity index (χ3n) is 9.13. The lowest BCUT2D eigenvalue weighted by Gasteiger charge is -2.06. The molecule has 5 rings (SSSR count). The maximum Gasteiger partial charge on any atom is 0.310 e. The summed E-state index contributed by atoms with van der Waals surface area (Å²) in [6.45, 7) is 12.8. The number of H-pyrrole nitrogens is 3. The summed E-state index contributed by atoms with van der Waals surface area (Å²) in [5, 5.41) is 2.09. The van der Waals surface area contributed by atoms with E-state index in [0.29, 0.717) is 18.5 Å². The first-order valence-electron chi connectivity index (χ1n) is 15.1. The van der Waals surface area contributed by atoms with Crippen LogP contribution in [0.2, 0.25) is 0 Å². The van der Waals surface area contributed by atoms with E-state index < -0.39 is 0 Å². The topological polar surface area (TPSA) is 112 Å². The second kappa shape index (κ2) is 12.1. The van der Waals surface area contributed by atoms with Gasteiger partial charge in [0.15, 0.2) is 0 Å². The molecule has 3 N–H and O–H groups in total. The maximum atomic E-state index is 12.5. The Labute approximate surface area is 252 Å². The molecule has 0 atom stereocenters. The van der Waals surface area contributed by atoms with Crippen molar-refractivity contribution in [3.05, 3.63) is 83.7 Å². The number of aromatic nitrogens is 3. The fourth-order valence-electron chi connectivity index (χ4n) is 6.49. The molecule has 0 saturated carbocycles. The van der Waals surface area contributed by atoms with E-state index in [0.717, 1.165) is 68.6 Å². The molecular weight excluding hydrogens is 540 g/mol. The summed E-state index contributed by atoms with van der Waals surface area (Å²) < 4.78 is 10.0. The van der Waals surface area contributed by atoms with Crippen LogP contribution in [0.4, 0.5) is 0 Å². The molecule has 2 aliphatic rings. The van der Waals surface area contributed by atoms with Crippen molar-refractivity contribution in [1.29, 1.82) is 0 Å². The SMILES string of the molecule is CCc1c2[nH]c(c1C)C=c1[nH]c(c(C)c1CC)=CC1=NC(=Cc3[nH]c(c(C)c3CCC(=O)OC)C2)C(CC(=O)OC)=C1C. The Hall–Kier alpha value is -4.33. The molecule has 0 aromatic carbocycles. The molecule has 3 aromatic heterocycles. The molecule has 43 heavy (non-hydrogen) atoms. The third kappa shape index (κ3) is 5.58. The summed E-state index contributed by atoms with van der Waals surface area (Å²) in [7, 11) is 2.82. The second-order valence-corrected chi connectivity index (χ2v) is 11.4. The van der Waals surface area contributed by atoms with E-state index in [1.54, 1.807) is 0 Å². The molecule has 226 valence electrons. The summed E-state index contributed by atoms with van der Waals surface area (Å²) in [6.07, 6.45) is 9.75. The van der Waals surface area contributed by atoms with Crippen molar-refractivity contribution in [1.82, 2.24) is 15.0 Å². The van der Waals surface area contributed by atoms with Gasteiger partial charge in [-0.3, -0.25) is 9.59 Å². The maximum absolute atomic E-state index is 12.5. The minimum absolute atomic E-state index is 0.117. The lowest BCUT2D eigenvalue weighted by molar-refractivity contribution is -0.141. The summed E-state index contributed by atoms with van der Waals surface area (Å²) in [5.74, 6) is -0.569. The molecule has 8 heteroatoms. The molecular formula is C35H42N4O4. The Bertz CT molecular complexity index is 1840. The number of esters is 2. The van der Waals surface area contributed by atoms with E-state index in [1.165, 1.54) is 42.2 Å². The number of nitrogens with zero attached hydrogens (tertiary/aromatic N) is 1. The zero-order chi connectivity index (χ0) is 31.0. The third-order valence-corrected chi connectivity index (χ3v) is 9.13. The van der Waals surface area contributed by atoms with E-state index >= 15 is 0 Å². The number of rotatable bonds is 7. The van der Waals surface area contributed by atoms with Gasteiger partial charge in [-0.25, -0.2) is 4.99 Å². The van der Waals surface area contributed by atoms with Gasteiger partial charge in [-0.2, -0.15) is 0 Å². The largest absolute Gasteiger partial charge is 0.469 e. The molecule has 5 heterocycles. The van der Waals surface area contributed by atoms with Crippen molar-refractivity contribution in [2.24, 2.45) is 4.99 Å². The van der Waals surface area contributed by atoms with Crippen LogP contribution in [0.25, 0.3) is 18.2 Å². The van der Waals surface area contributed by atoms with Gasteiger partial charge in [0.2, 0.25) is 0 Å². The zero-order valence-electron chi connectivity index (χ0n) is 26.6. The molecule has 0 aliphatic carbocycles. The molecule has 0 fully saturated rings. The van der Waals surface area contributed by atoms with Gasteiger partial charge in [-0.1, -0.05) is 13.8 Å². The first-order chi connectivity index (χ1) is 20.6. The Morgan fingerprint density at radius 3 is 2.14 bits per heavy atom. The number of carbonyl (C=O) groups excluding carboxylic acids is 2. The van der Waals surface area contributed by atoms with Gasteiger partial charge < -0.3 is 24.4 Å². The molecule has 2 aliphatic heterocycles. The number of methoxy groups -OCH3 is 2. The number of aromatic amines is 3. The smallest absolute Gasteiger partial charge is 0.310 e.